The van der Waals surface area contributed by atoms with E-state index in [4.69, 9.17) is 9.47 Å². The zero-order valence-corrected chi connectivity index (χ0v) is 14.2. The molecule has 130 valence electrons. The Balaban J connectivity index is 1.94. The molecule has 0 radical (unpaired) electrons. The number of ketones is 1. The molecule has 0 aromatic heterocycles. The predicted molar refractivity (Wildman–Crippen MR) is 92.9 cm³/mol. The largest absolute Gasteiger partial charge is 0.497 e. The standard InChI is InChI=1S/C19H19NO5/c1-12(21)14-4-8-16(9-5-14)20-18(22)13(2)25-19(23)15-6-10-17(24-3)11-7-15/h4-11,13H,1-3H3,(H,20,22). The number of carbonyl (C=O) groups is 3. The van der Waals surface area contributed by atoms with Gasteiger partial charge in [0.15, 0.2) is 11.9 Å². The van der Waals surface area contributed by atoms with E-state index >= 15 is 0 Å². The van der Waals surface area contributed by atoms with Crippen LogP contribution in [-0.4, -0.2) is 30.9 Å². The van der Waals surface area contributed by atoms with Crippen LogP contribution in [0.3, 0.4) is 0 Å². The van der Waals surface area contributed by atoms with Crippen molar-refractivity contribution >= 4 is 23.3 Å². The van der Waals surface area contributed by atoms with Crippen LogP contribution in [0.15, 0.2) is 48.5 Å². The van der Waals surface area contributed by atoms with Crippen molar-refractivity contribution < 1.29 is 23.9 Å². The lowest BCUT2D eigenvalue weighted by Crippen LogP contribution is -2.30. The van der Waals surface area contributed by atoms with Crippen molar-refractivity contribution in [2.45, 2.75) is 20.0 Å². The Bertz CT molecular complexity index is 765. The SMILES string of the molecule is COc1ccc(C(=O)OC(C)C(=O)Nc2ccc(C(C)=O)cc2)cc1. The topological polar surface area (TPSA) is 81.7 Å². The minimum absolute atomic E-state index is 0.0559. The molecule has 0 saturated carbocycles. The molecule has 1 unspecified atom stereocenters. The lowest BCUT2D eigenvalue weighted by atomic mass is 10.1. The van der Waals surface area contributed by atoms with Crippen LogP contribution in [0.2, 0.25) is 0 Å². The van der Waals surface area contributed by atoms with Crippen LogP contribution >= 0.6 is 0 Å². The smallest absolute Gasteiger partial charge is 0.338 e. The van der Waals surface area contributed by atoms with Gasteiger partial charge in [0.05, 0.1) is 12.7 Å². The molecule has 0 aliphatic rings. The molecule has 6 heteroatoms. The first kappa shape index (κ1) is 18.2. The first-order valence-electron chi connectivity index (χ1n) is 7.67. The summed E-state index contributed by atoms with van der Waals surface area (Å²) in [4.78, 5) is 35.4. The van der Waals surface area contributed by atoms with Crippen LogP contribution in [-0.2, 0) is 9.53 Å². The van der Waals surface area contributed by atoms with Gasteiger partial charge in [-0.1, -0.05) is 0 Å². The molecule has 25 heavy (non-hydrogen) atoms. The summed E-state index contributed by atoms with van der Waals surface area (Å²) in [7, 11) is 1.53. The minimum Gasteiger partial charge on any atom is -0.497 e. The molecule has 0 aliphatic heterocycles. The van der Waals surface area contributed by atoms with E-state index in [1.807, 2.05) is 0 Å². The summed E-state index contributed by atoms with van der Waals surface area (Å²) in [5, 5.41) is 2.64. The van der Waals surface area contributed by atoms with Gasteiger partial charge in [-0.15, -0.1) is 0 Å². The fraction of sp³-hybridized carbons (Fsp3) is 0.211. The van der Waals surface area contributed by atoms with Gasteiger partial charge in [-0.25, -0.2) is 4.79 Å². The van der Waals surface area contributed by atoms with Gasteiger partial charge in [-0.3, -0.25) is 9.59 Å². The first-order valence-corrected chi connectivity index (χ1v) is 7.67. The molecular formula is C19H19NO5. The number of nitrogens with one attached hydrogen (secondary N) is 1. The highest BCUT2D eigenvalue weighted by Gasteiger charge is 2.19. The second kappa shape index (κ2) is 8.10. The Hall–Kier alpha value is -3.15. The maximum atomic E-state index is 12.1. The lowest BCUT2D eigenvalue weighted by molar-refractivity contribution is -0.123. The summed E-state index contributed by atoms with van der Waals surface area (Å²) in [5.41, 5.74) is 1.39. The van der Waals surface area contributed by atoms with E-state index in [0.29, 0.717) is 22.6 Å². The summed E-state index contributed by atoms with van der Waals surface area (Å²) in [6.07, 6.45) is -0.970. The van der Waals surface area contributed by atoms with E-state index in [9.17, 15) is 14.4 Å². The number of hydrogen-bond donors (Lipinski definition) is 1. The predicted octanol–water partition coefficient (Wildman–Crippen LogP) is 3.08. The molecule has 2 rings (SSSR count). The van der Waals surface area contributed by atoms with Gasteiger partial charge < -0.3 is 14.8 Å². The molecule has 1 amide bonds. The molecule has 1 atom stereocenters. The number of benzene rings is 2. The third-order valence-electron chi connectivity index (χ3n) is 3.54. The fourth-order valence-electron chi connectivity index (χ4n) is 2.04. The van der Waals surface area contributed by atoms with E-state index in [1.165, 1.54) is 21.0 Å². The Morgan fingerprint density at radius 3 is 2.00 bits per heavy atom. The zero-order valence-electron chi connectivity index (χ0n) is 14.2. The van der Waals surface area contributed by atoms with Crippen LogP contribution in [0.25, 0.3) is 0 Å². The van der Waals surface area contributed by atoms with Crippen molar-refractivity contribution in [3.63, 3.8) is 0 Å². The van der Waals surface area contributed by atoms with Crippen molar-refractivity contribution in [2.24, 2.45) is 0 Å². The number of carbonyl (C=O) groups excluding carboxylic acids is 3. The Morgan fingerprint density at radius 1 is 0.920 bits per heavy atom. The number of methoxy groups -OCH3 is 1. The number of rotatable bonds is 6. The highest BCUT2D eigenvalue weighted by Crippen LogP contribution is 2.14. The van der Waals surface area contributed by atoms with Crippen LogP contribution in [0.5, 0.6) is 5.75 Å². The number of esters is 1. The van der Waals surface area contributed by atoms with Crippen molar-refractivity contribution in [3.8, 4) is 5.75 Å². The summed E-state index contributed by atoms with van der Waals surface area (Å²) in [6.45, 7) is 2.95. The maximum absolute atomic E-state index is 12.1. The van der Waals surface area contributed by atoms with Crippen molar-refractivity contribution in [1.82, 2.24) is 0 Å². The van der Waals surface area contributed by atoms with Gasteiger partial charge in [0.2, 0.25) is 0 Å². The van der Waals surface area contributed by atoms with Gasteiger partial charge in [-0.2, -0.15) is 0 Å². The maximum Gasteiger partial charge on any atom is 0.338 e. The van der Waals surface area contributed by atoms with E-state index in [0.717, 1.165) is 0 Å². The molecule has 0 fully saturated rings. The third kappa shape index (κ3) is 4.91. The van der Waals surface area contributed by atoms with Crippen LogP contribution in [0.4, 0.5) is 5.69 Å². The second-order valence-electron chi connectivity index (χ2n) is 5.40. The van der Waals surface area contributed by atoms with Gasteiger partial charge in [0, 0.05) is 11.3 Å². The molecule has 0 saturated heterocycles. The Kier molecular flexibility index (Phi) is 5.89. The number of Topliss-reactive ketones (excluding diaryl/α,β-unsaturated/α-hetero) is 1. The first-order chi connectivity index (χ1) is 11.9. The normalized spacial score (nSPS) is 11.3. The molecule has 0 aliphatic carbocycles. The summed E-state index contributed by atoms with van der Waals surface area (Å²) in [5.74, 6) is -0.495. The quantitative estimate of drug-likeness (QED) is 0.645. The van der Waals surface area contributed by atoms with Crippen LogP contribution in [0, 0.1) is 0 Å². The molecule has 2 aromatic carbocycles. The molecule has 6 nitrogen and oxygen atoms in total. The van der Waals surface area contributed by atoms with E-state index in [2.05, 4.69) is 5.32 Å². The average Bonchev–Trinajstić information content (AvgIpc) is 2.62. The van der Waals surface area contributed by atoms with Gasteiger partial charge in [0.1, 0.15) is 5.75 Å². The molecule has 1 N–H and O–H groups in total. The zero-order chi connectivity index (χ0) is 18.4. The molecule has 0 heterocycles. The molecule has 2 aromatic rings. The van der Waals surface area contributed by atoms with Crippen molar-refractivity contribution in [1.29, 1.82) is 0 Å². The highest BCUT2D eigenvalue weighted by molar-refractivity contribution is 5.98. The van der Waals surface area contributed by atoms with E-state index in [1.54, 1.807) is 48.5 Å². The van der Waals surface area contributed by atoms with Gasteiger partial charge in [-0.05, 0) is 62.4 Å². The van der Waals surface area contributed by atoms with Crippen molar-refractivity contribution in [2.75, 3.05) is 12.4 Å². The number of ether oxygens (including phenoxy) is 2. The summed E-state index contributed by atoms with van der Waals surface area (Å²) < 4.78 is 10.2. The van der Waals surface area contributed by atoms with E-state index in [-0.39, 0.29) is 5.78 Å². The summed E-state index contributed by atoms with van der Waals surface area (Å²) in [6, 6.07) is 12.9. The number of anilines is 1. The number of hydrogen-bond acceptors (Lipinski definition) is 5. The molecule has 0 bridgehead atoms. The number of amides is 1. The molecular weight excluding hydrogens is 322 g/mol. The fourth-order valence-corrected chi connectivity index (χ4v) is 2.04. The second-order valence-corrected chi connectivity index (χ2v) is 5.40. The van der Waals surface area contributed by atoms with Crippen LogP contribution in [0.1, 0.15) is 34.6 Å². The van der Waals surface area contributed by atoms with E-state index < -0.39 is 18.0 Å². The molecule has 0 spiro atoms. The van der Waals surface area contributed by atoms with Crippen molar-refractivity contribution in [3.05, 3.63) is 59.7 Å². The lowest BCUT2D eigenvalue weighted by Gasteiger charge is -2.14. The third-order valence-corrected chi connectivity index (χ3v) is 3.54. The average molecular weight is 341 g/mol. The highest BCUT2D eigenvalue weighted by atomic mass is 16.5. The van der Waals surface area contributed by atoms with Gasteiger partial charge >= 0.3 is 5.97 Å². The van der Waals surface area contributed by atoms with Gasteiger partial charge in [0.25, 0.3) is 5.91 Å². The minimum atomic E-state index is -0.970. The Morgan fingerprint density at radius 2 is 1.48 bits per heavy atom. The monoisotopic (exact) mass is 341 g/mol. The summed E-state index contributed by atoms with van der Waals surface area (Å²) >= 11 is 0. The Labute approximate surface area is 145 Å². The van der Waals surface area contributed by atoms with Crippen LogP contribution < -0.4 is 10.1 Å².